The van der Waals surface area contributed by atoms with Gasteiger partial charge in [-0.15, -0.1) is 0 Å². The predicted molar refractivity (Wildman–Crippen MR) is 55.8 cm³/mol. The maximum absolute atomic E-state index is 11.3. The van der Waals surface area contributed by atoms with E-state index in [1.807, 2.05) is 0 Å². The largest absolute Gasteiger partial charge is 0.481 e. The molecule has 0 spiro atoms. The summed E-state index contributed by atoms with van der Waals surface area (Å²) in [5.41, 5.74) is -6.72. The zero-order valence-electron chi connectivity index (χ0n) is 9.77. The van der Waals surface area contributed by atoms with Crippen LogP contribution in [0.25, 0.3) is 0 Å². The van der Waals surface area contributed by atoms with Crippen LogP contribution in [-0.4, -0.2) is 55.4 Å². The van der Waals surface area contributed by atoms with Gasteiger partial charge in [-0.05, 0) is 12.8 Å². The molecule has 1 saturated carbocycles. The monoisotopic (exact) mass is 290 g/mol. The van der Waals surface area contributed by atoms with E-state index in [-0.39, 0.29) is 0 Å². The van der Waals surface area contributed by atoms with Crippen molar-refractivity contribution < 1.29 is 49.5 Å². The lowest BCUT2D eigenvalue weighted by Crippen LogP contribution is -2.61. The summed E-state index contributed by atoms with van der Waals surface area (Å²) in [6.45, 7) is 0. The quantitative estimate of drug-likeness (QED) is 0.384. The zero-order valence-corrected chi connectivity index (χ0v) is 9.77. The second-order valence-corrected chi connectivity index (χ2v) is 4.36. The maximum atomic E-state index is 11.3. The van der Waals surface area contributed by atoms with Gasteiger partial charge in [0.15, 0.2) is 5.41 Å². The van der Waals surface area contributed by atoms with Crippen LogP contribution in [0.4, 0.5) is 0 Å². The van der Waals surface area contributed by atoms with E-state index in [1.54, 1.807) is 0 Å². The highest BCUT2D eigenvalue weighted by Gasteiger charge is 2.79. The van der Waals surface area contributed by atoms with Crippen molar-refractivity contribution in [2.24, 2.45) is 16.7 Å². The Hall–Kier alpha value is -2.65. The van der Waals surface area contributed by atoms with Gasteiger partial charge in [-0.25, -0.2) is 0 Å². The Bertz CT molecular complexity index is 490. The summed E-state index contributed by atoms with van der Waals surface area (Å²) in [7, 11) is 0. The zero-order chi connectivity index (χ0) is 15.9. The molecule has 0 aliphatic heterocycles. The molecule has 1 fully saturated rings. The summed E-state index contributed by atoms with van der Waals surface area (Å²) < 4.78 is 0. The van der Waals surface area contributed by atoms with Crippen molar-refractivity contribution in [1.29, 1.82) is 0 Å². The fraction of sp³-hybridized carbons (Fsp3) is 0.500. The number of carboxylic acid groups (broad SMARTS) is 5. The first-order chi connectivity index (χ1) is 9.06. The normalized spacial score (nSPS) is 22.9. The molecular weight excluding hydrogens is 280 g/mol. The van der Waals surface area contributed by atoms with Crippen molar-refractivity contribution in [2.75, 3.05) is 0 Å². The summed E-state index contributed by atoms with van der Waals surface area (Å²) in [5.74, 6) is -13.0. The van der Waals surface area contributed by atoms with E-state index < -0.39 is 59.4 Å². The summed E-state index contributed by atoms with van der Waals surface area (Å²) in [4.78, 5) is 56.2. The van der Waals surface area contributed by atoms with Crippen LogP contribution in [0.5, 0.6) is 0 Å². The lowest BCUT2D eigenvalue weighted by Gasteiger charge is -2.34. The Morgan fingerprint density at radius 3 is 1.40 bits per heavy atom. The number of carboxylic acids is 5. The molecule has 0 aromatic carbocycles. The Morgan fingerprint density at radius 1 is 0.750 bits per heavy atom. The van der Waals surface area contributed by atoms with Gasteiger partial charge in [0.05, 0.1) is 5.92 Å². The van der Waals surface area contributed by atoms with E-state index in [1.165, 1.54) is 0 Å². The average Bonchev–Trinajstić information content (AvgIpc) is 2.65. The highest BCUT2D eigenvalue weighted by molar-refractivity contribution is 6.15. The van der Waals surface area contributed by atoms with Gasteiger partial charge in [-0.1, -0.05) is 0 Å². The van der Waals surface area contributed by atoms with Crippen molar-refractivity contribution in [3.63, 3.8) is 0 Å². The smallest absolute Gasteiger partial charge is 0.323 e. The topological polar surface area (TPSA) is 186 Å². The SMILES string of the molecule is O=C(O)C1CCC(C(=O)O)(C(=O)O)C1(C(=O)O)C(=O)O. The van der Waals surface area contributed by atoms with E-state index in [4.69, 9.17) is 25.5 Å². The maximum Gasteiger partial charge on any atom is 0.323 e. The summed E-state index contributed by atoms with van der Waals surface area (Å²) in [6, 6.07) is 0. The highest BCUT2D eigenvalue weighted by Crippen LogP contribution is 2.57. The molecule has 1 unspecified atom stereocenters. The molecule has 0 heterocycles. The van der Waals surface area contributed by atoms with Crippen LogP contribution in [0.1, 0.15) is 12.8 Å². The first-order valence-corrected chi connectivity index (χ1v) is 5.23. The van der Waals surface area contributed by atoms with Crippen LogP contribution in [-0.2, 0) is 24.0 Å². The van der Waals surface area contributed by atoms with Gasteiger partial charge in [0, 0.05) is 0 Å². The van der Waals surface area contributed by atoms with Crippen LogP contribution in [0, 0.1) is 16.7 Å². The first-order valence-electron chi connectivity index (χ1n) is 5.23. The summed E-state index contributed by atoms with van der Waals surface area (Å²) >= 11 is 0. The van der Waals surface area contributed by atoms with Gasteiger partial charge in [-0.3, -0.25) is 24.0 Å². The van der Waals surface area contributed by atoms with Crippen molar-refractivity contribution in [1.82, 2.24) is 0 Å². The van der Waals surface area contributed by atoms with Gasteiger partial charge >= 0.3 is 29.8 Å². The predicted octanol–water partition coefficient (Wildman–Crippen LogP) is -1.21. The van der Waals surface area contributed by atoms with Crippen molar-refractivity contribution in [3.8, 4) is 0 Å². The first kappa shape index (κ1) is 15.4. The number of hydrogen-bond acceptors (Lipinski definition) is 5. The number of aliphatic carboxylic acids is 5. The molecule has 0 radical (unpaired) electrons. The van der Waals surface area contributed by atoms with E-state index in [0.29, 0.717) is 0 Å². The molecule has 10 nitrogen and oxygen atoms in total. The highest BCUT2D eigenvalue weighted by atomic mass is 16.4. The Labute approximate surface area is 110 Å². The van der Waals surface area contributed by atoms with Crippen molar-refractivity contribution in [2.45, 2.75) is 12.8 Å². The molecule has 0 aromatic heterocycles. The van der Waals surface area contributed by atoms with Crippen molar-refractivity contribution >= 4 is 29.8 Å². The van der Waals surface area contributed by atoms with Crippen LogP contribution < -0.4 is 0 Å². The van der Waals surface area contributed by atoms with E-state index in [9.17, 15) is 24.0 Å². The number of carbonyl (C=O) groups is 5. The third-order valence-corrected chi connectivity index (χ3v) is 3.71. The molecule has 110 valence electrons. The lowest BCUT2D eigenvalue weighted by molar-refractivity contribution is -0.197. The fourth-order valence-electron chi connectivity index (χ4n) is 2.78. The number of rotatable bonds is 5. The molecule has 20 heavy (non-hydrogen) atoms. The second-order valence-electron chi connectivity index (χ2n) is 4.36. The molecule has 0 amide bonds. The van der Waals surface area contributed by atoms with Crippen molar-refractivity contribution in [3.05, 3.63) is 0 Å². The average molecular weight is 290 g/mol. The van der Waals surface area contributed by atoms with Gasteiger partial charge < -0.3 is 25.5 Å². The van der Waals surface area contributed by atoms with E-state index in [0.717, 1.165) is 0 Å². The molecule has 0 aromatic rings. The Morgan fingerprint density at radius 2 is 1.15 bits per heavy atom. The van der Waals surface area contributed by atoms with E-state index in [2.05, 4.69) is 0 Å². The molecule has 1 rings (SSSR count). The van der Waals surface area contributed by atoms with Gasteiger partial charge in [-0.2, -0.15) is 0 Å². The van der Waals surface area contributed by atoms with Crippen LogP contribution >= 0.6 is 0 Å². The van der Waals surface area contributed by atoms with Gasteiger partial charge in [0.25, 0.3) is 0 Å². The third kappa shape index (κ3) is 1.47. The third-order valence-electron chi connectivity index (χ3n) is 3.71. The van der Waals surface area contributed by atoms with Gasteiger partial charge in [0.2, 0.25) is 5.41 Å². The molecule has 5 N–H and O–H groups in total. The van der Waals surface area contributed by atoms with Crippen LogP contribution in [0.2, 0.25) is 0 Å². The van der Waals surface area contributed by atoms with E-state index >= 15 is 0 Å². The second kappa shape index (κ2) is 4.47. The molecule has 1 atom stereocenters. The van der Waals surface area contributed by atoms with Crippen LogP contribution in [0.15, 0.2) is 0 Å². The minimum atomic E-state index is -3.48. The minimum absolute atomic E-state index is 0.688. The van der Waals surface area contributed by atoms with Gasteiger partial charge in [0.1, 0.15) is 0 Å². The summed E-state index contributed by atoms with van der Waals surface area (Å²) in [6.07, 6.45) is -1.60. The summed E-state index contributed by atoms with van der Waals surface area (Å²) in [5, 5.41) is 45.3. The Balaban J connectivity index is 3.81. The standard InChI is InChI=1S/C10H10O10/c11-4(12)3-1-2-9(5(13)14,6(15)16)10(3,7(17)18)8(19)20/h3H,1-2H2,(H,11,12)(H,13,14)(H,15,16)(H,17,18)(H,19,20). The molecule has 1 aliphatic carbocycles. The Kier molecular flexibility index (Phi) is 3.45. The molecule has 10 heteroatoms. The molecular formula is C10H10O10. The fourth-order valence-corrected chi connectivity index (χ4v) is 2.78. The molecule has 0 bridgehead atoms. The van der Waals surface area contributed by atoms with Crippen LogP contribution in [0.3, 0.4) is 0 Å². The molecule has 0 saturated heterocycles. The lowest BCUT2D eigenvalue weighted by atomic mass is 9.61. The molecule has 1 aliphatic rings. The number of hydrogen-bond donors (Lipinski definition) is 5. The minimum Gasteiger partial charge on any atom is -0.481 e.